The van der Waals surface area contributed by atoms with E-state index in [1.165, 1.54) is 0 Å². The van der Waals surface area contributed by atoms with Gasteiger partial charge in [-0.25, -0.2) is 0 Å². The molecule has 1 amide bonds. The predicted octanol–water partition coefficient (Wildman–Crippen LogP) is 1.37. The first-order valence-corrected chi connectivity index (χ1v) is 9.02. The summed E-state index contributed by atoms with van der Waals surface area (Å²) in [5.41, 5.74) is 0.286. The van der Waals surface area contributed by atoms with Gasteiger partial charge in [-0.05, 0) is 51.1 Å². The van der Waals surface area contributed by atoms with Crippen LogP contribution in [-0.2, 0) is 16.1 Å². The number of nitrogens with zero attached hydrogens (tertiary/aromatic N) is 4. The molecule has 3 heterocycles. The van der Waals surface area contributed by atoms with Gasteiger partial charge in [0, 0.05) is 33.2 Å². The fraction of sp³-hybridized carbons (Fsp3) is 0.824. The van der Waals surface area contributed by atoms with Gasteiger partial charge in [0.05, 0.1) is 6.04 Å². The molecule has 7 nitrogen and oxygen atoms in total. The summed E-state index contributed by atoms with van der Waals surface area (Å²) in [6, 6.07) is -0.0328. The molecule has 0 saturated carbocycles. The van der Waals surface area contributed by atoms with Crippen molar-refractivity contribution in [2.24, 2.45) is 5.41 Å². The normalized spacial score (nSPS) is 22.1. The summed E-state index contributed by atoms with van der Waals surface area (Å²) in [7, 11) is 1.71. The maximum absolute atomic E-state index is 12.6. The molecule has 7 heteroatoms. The fourth-order valence-electron chi connectivity index (χ4n) is 4.04. The average Bonchev–Trinajstić information content (AvgIpc) is 3.06. The number of ether oxygens (including phenoxy) is 1. The Morgan fingerprint density at radius 2 is 2.17 bits per heavy atom. The summed E-state index contributed by atoms with van der Waals surface area (Å²) in [5, 5.41) is 11.8. The number of methoxy groups -OCH3 is 1. The second-order valence-electron chi connectivity index (χ2n) is 7.18. The van der Waals surface area contributed by atoms with Gasteiger partial charge >= 0.3 is 0 Å². The van der Waals surface area contributed by atoms with Gasteiger partial charge in [0.1, 0.15) is 6.33 Å². The topological polar surface area (TPSA) is 72.3 Å². The Kier molecular flexibility index (Phi) is 5.50. The van der Waals surface area contributed by atoms with Crippen molar-refractivity contribution in [1.29, 1.82) is 0 Å². The number of piperidine rings is 2. The van der Waals surface area contributed by atoms with Crippen LogP contribution < -0.4 is 5.32 Å². The van der Waals surface area contributed by atoms with Gasteiger partial charge in [-0.15, -0.1) is 10.2 Å². The molecule has 1 N–H and O–H groups in total. The van der Waals surface area contributed by atoms with E-state index in [0.29, 0.717) is 13.0 Å². The first kappa shape index (κ1) is 17.4. The van der Waals surface area contributed by atoms with Crippen LogP contribution in [0.25, 0.3) is 0 Å². The van der Waals surface area contributed by atoms with E-state index in [1.807, 2.05) is 4.90 Å². The zero-order chi connectivity index (χ0) is 17.0. The van der Waals surface area contributed by atoms with Crippen molar-refractivity contribution in [1.82, 2.24) is 25.0 Å². The molecule has 0 radical (unpaired) electrons. The molecule has 2 saturated heterocycles. The molecule has 1 atom stereocenters. The highest BCUT2D eigenvalue weighted by molar-refractivity contribution is 5.77. The fourth-order valence-corrected chi connectivity index (χ4v) is 4.04. The Hall–Kier alpha value is -1.47. The first-order valence-electron chi connectivity index (χ1n) is 9.02. The molecule has 24 heavy (non-hydrogen) atoms. The molecule has 0 unspecified atom stereocenters. The Balaban J connectivity index is 1.72. The highest BCUT2D eigenvalue weighted by Gasteiger charge is 2.41. The van der Waals surface area contributed by atoms with Crippen LogP contribution in [0, 0.1) is 5.41 Å². The molecule has 1 aromatic rings. The van der Waals surface area contributed by atoms with Crippen molar-refractivity contribution < 1.29 is 9.53 Å². The highest BCUT2D eigenvalue weighted by atomic mass is 16.5. The number of hydrogen-bond donors (Lipinski definition) is 1. The number of carbonyl (C=O) groups excluding carboxylic acids is 1. The van der Waals surface area contributed by atoms with Crippen LogP contribution in [0.3, 0.4) is 0 Å². The molecule has 3 rings (SSSR count). The average molecular weight is 335 g/mol. The van der Waals surface area contributed by atoms with E-state index in [1.54, 1.807) is 13.4 Å². The lowest BCUT2D eigenvalue weighted by molar-refractivity contribution is -0.141. The molecule has 0 aromatic carbocycles. The molecule has 2 aliphatic rings. The Morgan fingerprint density at radius 1 is 1.38 bits per heavy atom. The van der Waals surface area contributed by atoms with Crippen molar-refractivity contribution in [3.8, 4) is 0 Å². The van der Waals surface area contributed by atoms with E-state index in [9.17, 15) is 4.79 Å². The lowest BCUT2D eigenvalue weighted by Gasteiger charge is -2.46. The van der Waals surface area contributed by atoms with Crippen LogP contribution in [0.1, 0.15) is 50.9 Å². The van der Waals surface area contributed by atoms with Crippen molar-refractivity contribution in [2.45, 2.75) is 51.6 Å². The van der Waals surface area contributed by atoms with Crippen LogP contribution >= 0.6 is 0 Å². The Morgan fingerprint density at radius 3 is 2.92 bits per heavy atom. The van der Waals surface area contributed by atoms with Crippen molar-refractivity contribution in [2.75, 3.05) is 33.4 Å². The number of carbonyl (C=O) groups is 1. The third-order valence-corrected chi connectivity index (χ3v) is 5.59. The summed E-state index contributed by atoms with van der Waals surface area (Å²) in [5.74, 6) is 1.13. The van der Waals surface area contributed by atoms with Gasteiger partial charge < -0.3 is 19.5 Å². The number of aryl methyl sites for hydroxylation is 1. The second-order valence-corrected chi connectivity index (χ2v) is 7.18. The minimum absolute atomic E-state index is 0.0328. The molecule has 0 bridgehead atoms. The third kappa shape index (κ3) is 3.62. The van der Waals surface area contributed by atoms with Gasteiger partial charge in [-0.2, -0.15) is 0 Å². The zero-order valence-electron chi connectivity index (χ0n) is 14.8. The number of amides is 1. The van der Waals surface area contributed by atoms with Gasteiger partial charge in [0.25, 0.3) is 0 Å². The summed E-state index contributed by atoms with van der Waals surface area (Å²) in [6.07, 6.45) is 6.67. The Labute approximate surface area is 143 Å². The SMILES string of the molecule is COCCCn1cnnc1[C@@H](C)N1CC2(CCNCC2)CCC1=O. The van der Waals surface area contributed by atoms with Crippen molar-refractivity contribution >= 4 is 5.91 Å². The predicted molar refractivity (Wildman–Crippen MR) is 90.4 cm³/mol. The number of likely N-dealkylation sites (tertiary alicyclic amines) is 1. The van der Waals surface area contributed by atoms with Crippen molar-refractivity contribution in [3.63, 3.8) is 0 Å². The maximum atomic E-state index is 12.6. The molecular formula is C17H29N5O2. The lowest BCUT2D eigenvalue weighted by Crippen LogP contribution is -2.51. The highest BCUT2D eigenvalue weighted by Crippen LogP contribution is 2.40. The molecule has 1 spiro atoms. The monoisotopic (exact) mass is 335 g/mol. The first-order chi connectivity index (χ1) is 11.7. The summed E-state index contributed by atoms with van der Waals surface area (Å²) >= 11 is 0. The number of rotatable bonds is 6. The van der Waals surface area contributed by atoms with E-state index < -0.39 is 0 Å². The zero-order valence-corrected chi connectivity index (χ0v) is 14.8. The molecule has 0 aliphatic carbocycles. The van der Waals surface area contributed by atoms with Gasteiger partial charge in [0.15, 0.2) is 5.82 Å². The van der Waals surface area contributed by atoms with Gasteiger partial charge in [0.2, 0.25) is 5.91 Å². The maximum Gasteiger partial charge on any atom is 0.223 e. The van der Waals surface area contributed by atoms with E-state index in [0.717, 1.165) is 57.7 Å². The van der Waals surface area contributed by atoms with Crippen LogP contribution in [0.15, 0.2) is 6.33 Å². The van der Waals surface area contributed by atoms with Crippen LogP contribution in [-0.4, -0.2) is 58.9 Å². The minimum Gasteiger partial charge on any atom is -0.385 e. The van der Waals surface area contributed by atoms with Gasteiger partial charge in [-0.3, -0.25) is 4.79 Å². The summed E-state index contributed by atoms with van der Waals surface area (Å²) in [4.78, 5) is 14.6. The second kappa shape index (κ2) is 7.61. The summed E-state index contributed by atoms with van der Waals surface area (Å²) < 4.78 is 7.18. The smallest absolute Gasteiger partial charge is 0.223 e. The Bertz CT molecular complexity index is 553. The van der Waals surface area contributed by atoms with Crippen LogP contribution in [0.2, 0.25) is 0 Å². The lowest BCUT2D eigenvalue weighted by atomic mass is 9.72. The largest absolute Gasteiger partial charge is 0.385 e. The standard InChI is InChI=1S/C17H29N5O2/c1-14(16-20-19-13-21(16)10-3-11-24-2)22-12-17(5-4-15(22)23)6-8-18-9-7-17/h13-14,18H,3-12H2,1-2H3/t14-/m1/s1. The number of aromatic nitrogens is 3. The van der Waals surface area contributed by atoms with E-state index in [-0.39, 0.29) is 17.4 Å². The van der Waals surface area contributed by atoms with Crippen LogP contribution in [0.4, 0.5) is 0 Å². The number of nitrogens with one attached hydrogen (secondary N) is 1. The number of hydrogen-bond acceptors (Lipinski definition) is 5. The minimum atomic E-state index is -0.0328. The quantitative estimate of drug-likeness (QED) is 0.795. The van der Waals surface area contributed by atoms with Crippen molar-refractivity contribution in [3.05, 3.63) is 12.2 Å². The van der Waals surface area contributed by atoms with Gasteiger partial charge in [-0.1, -0.05) is 0 Å². The third-order valence-electron chi connectivity index (χ3n) is 5.59. The molecule has 2 fully saturated rings. The molecule has 134 valence electrons. The molecule has 1 aromatic heterocycles. The van der Waals surface area contributed by atoms with E-state index in [2.05, 4.69) is 27.0 Å². The van der Waals surface area contributed by atoms with E-state index >= 15 is 0 Å². The summed E-state index contributed by atoms with van der Waals surface area (Å²) in [6.45, 7) is 6.57. The van der Waals surface area contributed by atoms with Crippen LogP contribution in [0.5, 0.6) is 0 Å². The molecule has 2 aliphatic heterocycles. The van der Waals surface area contributed by atoms with E-state index in [4.69, 9.17) is 4.74 Å². The molecular weight excluding hydrogens is 306 g/mol.